The summed E-state index contributed by atoms with van der Waals surface area (Å²) in [6, 6.07) is 0. The Morgan fingerprint density at radius 1 is 1.17 bits per heavy atom. The molecule has 12 nitrogen and oxygen atoms in total. The summed E-state index contributed by atoms with van der Waals surface area (Å²) in [7, 11) is -6.40. The van der Waals surface area contributed by atoms with Gasteiger partial charge in [-0.3, -0.25) is 4.18 Å². The van der Waals surface area contributed by atoms with Crippen molar-refractivity contribution in [2.75, 3.05) is 24.7 Å². The van der Waals surface area contributed by atoms with Crippen LogP contribution in [0.3, 0.4) is 0 Å². The van der Waals surface area contributed by atoms with E-state index in [1.807, 2.05) is 0 Å². The molecule has 0 bridgehead atoms. The molecular formula is C14H28NaO12S3-. The van der Waals surface area contributed by atoms with Gasteiger partial charge in [-0.1, -0.05) is 36.7 Å². The average Bonchev–Trinajstić information content (AvgIpc) is 2.51. The van der Waals surface area contributed by atoms with Gasteiger partial charge in [0, 0.05) is 12.3 Å². The second kappa shape index (κ2) is 17.4. The summed E-state index contributed by atoms with van der Waals surface area (Å²) >= 11 is 0. The molecule has 0 saturated carbocycles. The topological polar surface area (TPSA) is 190 Å². The van der Waals surface area contributed by atoms with E-state index in [-0.39, 0.29) is 67.3 Å². The van der Waals surface area contributed by atoms with Crippen molar-refractivity contribution in [3.63, 3.8) is 0 Å². The van der Waals surface area contributed by atoms with Gasteiger partial charge in [-0.2, -0.15) is 21.9 Å². The van der Waals surface area contributed by atoms with E-state index in [9.17, 15) is 31.5 Å². The summed E-state index contributed by atoms with van der Waals surface area (Å²) < 4.78 is 62.8. The van der Waals surface area contributed by atoms with Gasteiger partial charge in [0.1, 0.15) is 0 Å². The van der Waals surface area contributed by atoms with Crippen LogP contribution in [0.2, 0.25) is 0 Å². The quantitative estimate of drug-likeness (QED) is 0.0956. The molecule has 2 N–H and O–H groups in total. The van der Waals surface area contributed by atoms with Crippen LogP contribution in [0.25, 0.3) is 0 Å². The monoisotopic (exact) mass is 507 g/mol. The Balaban J connectivity index is -0.00000113. The van der Waals surface area contributed by atoms with Crippen LogP contribution in [0.5, 0.6) is 0 Å². The number of hydrogen-bond acceptors (Lipinski definition) is 13. The molecule has 0 radical (unpaired) electrons. The largest absolute Gasteiger partial charge is 1.00 e. The van der Waals surface area contributed by atoms with Crippen molar-refractivity contribution in [2.45, 2.75) is 46.5 Å². The van der Waals surface area contributed by atoms with E-state index >= 15 is 0 Å². The smallest absolute Gasteiger partial charge is 0.870 e. The van der Waals surface area contributed by atoms with Crippen LogP contribution in [0.1, 0.15) is 34.1 Å². The summed E-state index contributed by atoms with van der Waals surface area (Å²) in [4.78, 5) is 23.1. The van der Waals surface area contributed by atoms with Crippen molar-refractivity contribution in [1.82, 2.24) is 0 Å². The van der Waals surface area contributed by atoms with Gasteiger partial charge in [-0.05, 0) is 6.92 Å². The zero-order valence-corrected chi connectivity index (χ0v) is 22.1. The first-order valence-corrected chi connectivity index (χ1v) is 10.8. The summed E-state index contributed by atoms with van der Waals surface area (Å²) in [6.07, 6.45) is -4.32. The van der Waals surface area contributed by atoms with Crippen LogP contribution >= 0.6 is 13.5 Å². The number of carbonyl (C=O) groups is 2. The molecule has 0 aromatic rings. The van der Waals surface area contributed by atoms with E-state index in [0.717, 1.165) is 0 Å². The summed E-state index contributed by atoms with van der Waals surface area (Å²) in [5, 5.41) is 10.1. The second-order valence-electron chi connectivity index (χ2n) is 6.08. The fourth-order valence-electron chi connectivity index (χ4n) is 1.59. The number of esters is 1. The van der Waals surface area contributed by atoms with Gasteiger partial charge in [0.2, 0.25) is 6.29 Å². The molecule has 16 heteroatoms. The standard InChI is InChI=1S/C14H25O11S2.Na.H2O.H2S/c1-5-22-13(17)25-10(2)24-12(16)11(15)14(3,4)9-23-27(20,21)8-6-7-26(18)19;;;/h10-11,15H,5-9H2,1-4H3;;2*1H2/q-1;+1;;/p-1/t10?,11-;;;/m1.../s1. The summed E-state index contributed by atoms with van der Waals surface area (Å²) in [5.74, 6) is -2.01. The summed E-state index contributed by atoms with van der Waals surface area (Å²) in [5.41, 5.74) is -1.37. The molecule has 0 heterocycles. The number of rotatable bonds is 12. The normalized spacial score (nSPS) is 13.0. The molecule has 0 aliphatic rings. The van der Waals surface area contributed by atoms with E-state index < -0.39 is 63.1 Å². The van der Waals surface area contributed by atoms with Crippen LogP contribution in [-0.4, -0.2) is 68.2 Å². The minimum absolute atomic E-state index is 0. The third kappa shape index (κ3) is 16.5. The van der Waals surface area contributed by atoms with Gasteiger partial charge >= 0.3 is 41.7 Å². The molecule has 0 aliphatic carbocycles. The van der Waals surface area contributed by atoms with Crippen LogP contribution in [0.15, 0.2) is 0 Å². The second-order valence-corrected chi connectivity index (χ2v) is 8.86. The first kappa shape index (κ1) is 37.2. The Morgan fingerprint density at radius 2 is 1.70 bits per heavy atom. The number of ether oxygens (including phenoxy) is 3. The fourth-order valence-corrected chi connectivity index (χ4v) is 3.25. The molecule has 0 saturated heterocycles. The molecule has 0 aromatic heterocycles. The molecule has 0 aliphatic heterocycles. The van der Waals surface area contributed by atoms with Gasteiger partial charge in [0.05, 0.1) is 19.0 Å². The van der Waals surface area contributed by atoms with E-state index in [2.05, 4.69) is 9.47 Å². The summed E-state index contributed by atoms with van der Waals surface area (Å²) in [6.45, 7) is 5.01. The zero-order valence-electron chi connectivity index (χ0n) is 17.5. The van der Waals surface area contributed by atoms with Gasteiger partial charge in [0.25, 0.3) is 10.1 Å². The molecule has 1 unspecified atom stereocenters. The fraction of sp³-hybridized carbons (Fsp3) is 0.857. The van der Waals surface area contributed by atoms with Crippen molar-refractivity contribution in [3.8, 4) is 0 Å². The minimum atomic E-state index is -4.04. The molecule has 0 rings (SSSR count). The third-order valence-electron chi connectivity index (χ3n) is 3.09. The van der Waals surface area contributed by atoms with Crippen LogP contribution < -0.4 is 29.6 Å². The van der Waals surface area contributed by atoms with E-state index in [1.54, 1.807) is 6.92 Å². The van der Waals surface area contributed by atoms with Crippen molar-refractivity contribution < 1.29 is 85.0 Å². The minimum Gasteiger partial charge on any atom is -0.870 e. The molecule has 176 valence electrons. The number of hydrogen-bond donors (Lipinski definition) is 1. The molecule has 0 spiro atoms. The van der Waals surface area contributed by atoms with Gasteiger partial charge in [0.15, 0.2) is 6.10 Å². The van der Waals surface area contributed by atoms with Gasteiger partial charge in [-0.25, -0.2) is 9.59 Å². The molecular weight excluding hydrogens is 479 g/mol. The van der Waals surface area contributed by atoms with E-state index in [0.29, 0.717) is 0 Å². The Kier molecular flexibility index (Phi) is 21.6. The maximum Gasteiger partial charge on any atom is 1.00 e. The molecule has 0 amide bonds. The van der Waals surface area contributed by atoms with Gasteiger partial charge in [-0.15, -0.1) is 0 Å². The average molecular weight is 508 g/mol. The molecule has 30 heavy (non-hydrogen) atoms. The Bertz CT molecular complexity index is 670. The SMILES string of the molecule is CCOC(=O)OC(C)OC(=O)[C@@H](O)C(C)(C)COS(=O)(=O)CCC[S-](=O)=O.S.[Na+].[OH-]. The Hall–Kier alpha value is -0.130. The number of aliphatic hydroxyl groups excluding tert-OH is 1. The van der Waals surface area contributed by atoms with Crippen molar-refractivity contribution in [2.24, 2.45) is 5.41 Å². The first-order valence-electron chi connectivity index (χ1n) is 7.95. The van der Waals surface area contributed by atoms with Crippen molar-refractivity contribution in [3.05, 3.63) is 0 Å². The molecule has 0 aromatic carbocycles. The maximum absolute atomic E-state index is 11.9. The number of carbonyl (C=O) groups excluding carboxylic acids is 2. The van der Waals surface area contributed by atoms with Gasteiger partial charge < -0.3 is 33.2 Å². The Labute approximate surface area is 207 Å². The first-order chi connectivity index (χ1) is 12.3. The van der Waals surface area contributed by atoms with Crippen LogP contribution in [-0.2, 0) is 52.4 Å². The van der Waals surface area contributed by atoms with Crippen LogP contribution in [0, 0.1) is 5.41 Å². The van der Waals surface area contributed by atoms with Crippen LogP contribution in [0.4, 0.5) is 4.79 Å². The van der Waals surface area contributed by atoms with Crippen molar-refractivity contribution >= 4 is 46.4 Å². The third-order valence-corrected chi connectivity index (χ3v) is 4.97. The van der Waals surface area contributed by atoms with Crippen molar-refractivity contribution in [1.29, 1.82) is 0 Å². The zero-order chi connectivity index (χ0) is 21.3. The Morgan fingerprint density at radius 3 is 2.17 bits per heavy atom. The number of aliphatic hydroxyl groups is 1. The molecule has 0 fully saturated rings. The predicted molar refractivity (Wildman–Crippen MR) is 104 cm³/mol. The van der Waals surface area contributed by atoms with E-state index in [1.165, 1.54) is 20.8 Å². The predicted octanol–water partition coefficient (Wildman–Crippen LogP) is -2.58. The maximum atomic E-state index is 11.9. The molecule has 2 atom stereocenters. The van der Waals surface area contributed by atoms with E-state index in [4.69, 9.17) is 8.92 Å².